The minimum absolute atomic E-state index is 0.127. The zero-order valence-electron chi connectivity index (χ0n) is 13.1. The van der Waals surface area contributed by atoms with Crippen LogP contribution in [0.3, 0.4) is 0 Å². The third-order valence-electron chi connectivity index (χ3n) is 4.18. The van der Waals surface area contributed by atoms with E-state index < -0.39 is 0 Å². The SMILES string of the molecule is Nc1ccc2c(c1)NC(c1nc(-c3ccsc3)nc3cn[nH]c13)CO2. The molecule has 25 heavy (non-hydrogen) atoms. The van der Waals surface area contributed by atoms with E-state index in [-0.39, 0.29) is 6.04 Å². The van der Waals surface area contributed by atoms with Gasteiger partial charge in [-0.05, 0) is 29.6 Å². The van der Waals surface area contributed by atoms with E-state index in [1.807, 2.05) is 35.0 Å². The Morgan fingerprint density at radius 2 is 2.20 bits per heavy atom. The summed E-state index contributed by atoms with van der Waals surface area (Å²) in [5.41, 5.74) is 10.9. The van der Waals surface area contributed by atoms with Gasteiger partial charge in [0.05, 0.1) is 17.6 Å². The summed E-state index contributed by atoms with van der Waals surface area (Å²) in [4.78, 5) is 9.39. The van der Waals surface area contributed by atoms with E-state index in [9.17, 15) is 0 Å². The molecule has 0 radical (unpaired) electrons. The first-order valence-electron chi connectivity index (χ1n) is 7.80. The van der Waals surface area contributed by atoms with E-state index in [0.29, 0.717) is 18.1 Å². The minimum Gasteiger partial charge on any atom is -0.489 e. The molecule has 1 atom stereocenters. The van der Waals surface area contributed by atoms with Crippen LogP contribution in [0.25, 0.3) is 22.4 Å². The number of nitrogens with two attached hydrogens (primary N) is 1. The third-order valence-corrected chi connectivity index (χ3v) is 4.86. The second-order valence-electron chi connectivity index (χ2n) is 5.84. The number of thiophene rings is 1. The molecule has 4 aromatic rings. The molecule has 0 fully saturated rings. The molecule has 5 rings (SSSR count). The van der Waals surface area contributed by atoms with Crippen molar-refractivity contribution in [3.05, 3.63) is 46.9 Å². The highest BCUT2D eigenvalue weighted by molar-refractivity contribution is 7.08. The van der Waals surface area contributed by atoms with Crippen LogP contribution in [0.2, 0.25) is 0 Å². The van der Waals surface area contributed by atoms with E-state index in [2.05, 4.69) is 20.5 Å². The maximum atomic E-state index is 5.89. The van der Waals surface area contributed by atoms with Crippen molar-refractivity contribution in [2.45, 2.75) is 6.04 Å². The molecule has 8 heteroatoms. The van der Waals surface area contributed by atoms with Gasteiger partial charge in [-0.25, -0.2) is 9.97 Å². The number of benzene rings is 1. The molecule has 124 valence electrons. The summed E-state index contributed by atoms with van der Waals surface area (Å²) in [5.74, 6) is 1.48. The number of nitrogens with zero attached hydrogens (tertiary/aromatic N) is 3. The molecule has 1 unspecified atom stereocenters. The van der Waals surface area contributed by atoms with Crippen LogP contribution >= 0.6 is 11.3 Å². The van der Waals surface area contributed by atoms with Gasteiger partial charge >= 0.3 is 0 Å². The van der Waals surface area contributed by atoms with Gasteiger partial charge in [-0.3, -0.25) is 5.10 Å². The average Bonchev–Trinajstić information content (AvgIpc) is 3.31. The van der Waals surface area contributed by atoms with Gasteiger partial charge in [-0.15, -0.1) is 0 Å². The first-order valence-corrected chi connectivity index (χ1v) is 8.74. The summed E-state index contributed by atoms with van der Waals surface area (Å²) in [6.45, 7) is 0.463. The summed E-state index contributed by atoms with van der Waals surface area (Å²) in [6.07, 6.45) is 1.71. The smallest absolute Gasteiger partial charge is 0.161 e. The molecule has 0 saturated carbocycles. The number of aromatic amines is 1. The Bertz CT molecular complexity index is 1060. The van der Waals surface area contributed by atoms with Crippen LogP contribution in [0, 0.1) is 0 Å². The van der Waals surface area contributed by atoms with Gasteiger partial charge in [0.1, 0.15) is 29.4 Å². The lowest BCUT2D eigenvalue weighted by molar-refractivity contribution is 0.285. The molecule has 3 aromatic heterocycles. The Balaban J connectivity index is 1.62. The molecule has 0 saturated heterocycles. The van der Waals surface area contributed by atoms with Gasteiger partial charge in [-0.2, -0.15) is 16.4 Å². The van der Waals surface area contributed by atoms with Crippen LogP contribution in [0.15, 0.2) is 41.2 Å². The molecule has 0 spiro atoms. The van der Waals surface area contributed by atoms with E-state index in [1.165, 1.54) is 0 Å². The van der Waals surface area contributed by atoms with Crippen molar-refractivity contribution in [1.82, 2.24) is 20.2 Å². The van der Waals surface area contributed by atoms with Crippen molar-refractivity contribution in [2.24, 2.45) is 0 Å². The van der Waals surface area contributed by atoms with Crippen molar-refractivity contribution in [2.75, 3.05) is 17.7 Å². The molecule has 4 heterocycles. The molecule has 1 aromatic carbocycles. The number of rotatable bonds is 2. The second kappa shape index (κ2) is 5.45. The third kappa shape index (κ3) is 2.38. The lowest BCUT2D eigenvalue weighted by Crippen LogP contribution is -2.25. The molecular formula is C17H14N6OS. The lowest BCUT2D eigenvalue weighted by Gasteiger charge is -2.27. The predicted molar refractivity (Wildman–Crippen MR) is 97.7 cm³/mol. The van der Waals surface area contributed by atoms with Gasteiger partial charge in [0, 0.05) is 16.6 Å². The van der Waals surface area contributed by atoms with Crippen molar-refractivity contribution in [1.29, 1.82) is 0 Å². The Hall–Kier alpha value is -3.13. The average molecular weight is 350 g/mol. The number of hydrogen-bond donors (Lipinski definition) is 3. The molecule has 0 amide bonds. The highest BCUT2D eigenvalue weighted by Crippen LogP contribution is 2.36. The molecule has 1 aliphatic heterocycles. The van der Waals surface area contributed by atoms with Crippen molar-refractivity contribution in [3.8, 4) is 17.1 Å². The van der Waals surface area contributed by atoms with Gasteiger partial charge in [0.2, 0.25) is 0 Å². The fourth-order valence-electron chi connectivity index (χ4n) is 2.97. The molecule has 7 nitrogen and oxygen atoms in total. The fourth-order valence-corrected chi connectivity index (χ4v) is 3.61. The van der Waals surface area contributed by atoms with Gasteiger partial charge in [0.15, 0.2) is 5.82 Å². The quantitative estimate of drug-likeness (QED) is 0.480. The standard InChI is InChI=1S/C17H14N6OS/c18-10-1-2-14-11(5-10)20-13(7-24-14)15-16-12(6-19-23-16)21-17(22-15)9-3-4-25-8-9/h1-6,8,13,20H,7,18H2,(H,19,23). The van der Waals surface area contributed by atoms with Crippen LogP contribution in [0.4, 0.5) is 11.4 Å². The highest BCUT2D eigenvalue weighted by Gasteiger charge is 2.25. The number of fused-ring (bicyclic) bond motifs is 2. The Labute approximate surface area is 146 Å². The second-order valence-corrected chi connectivity index (χ2v) is 6.62. The fraction of sp³-hybridized carbons (Fsp3) is 0.118. The van der Waals surface area contributed by atoms with E-state index >= 15 is 0 Å². The van der Waals surface area contributed by atoms with E-state index in [1.54, 1.807) is 17.5 Å². The number of H-pyrrole nitrogens is 1. The Morgan fingerprint density at radius 1 is 1.24 bits per heavy atom. The number of aromatic nitrogens is 4. The first-order chi connectivity index (χ1) is 12.3. The van der Waals surface area contributed by atoms with Crippen molar-refractivity contribution < 1.29 is 4.74 Å². The van der Waals surface area contributed by atoms with Crippen molar-refractivity contribution >= 4 is 33.7 Å². The highest BCUT2D eigenvalue weighted by atomic mass is 32.1. The zero-order chi connectivity index (χ0) is 16.8. The first kappa shape index (κ1) is 14.2. The van der Waals surface area contributed by atoms with Crippen molar-refractivity contribution in [3.63, 3.8) is 0 Å². The number of nitrogens with one attached hydrogen (secondary N) is 2. The topological polar surface area (TPSA) is 102 Å². The van der Waals surface area contributed by atoms with Crippen LogP contribution in [0.1, 0.15) is 11.7 Å². The van der Waals surface area contributed by atoms with Crippen LogP contribution < -0.4 is 15.8 Å². The van der Waals surface area contributed by atoms with Crippen LogP contribution in [0.5, 0.6) is 5.75 Å². The summed E-state index contributed by atoms with van der Waals surface area (Å²) < 4.78 is 5.89. The summed E-state index contributed by atoms with van der Waals surface area (Å²) in [5, 5.41) is 14.6. The Morgan fingerprint density at radius 3 is 3.08 bits per heavy atom. The summed E-state index contributed by atoms with van der Waals surface area (Å²) in [6, 6.07) is 7.45. The predicted octanol–water partition coefficient (Wildman–Crippen LogP) is 3.21. The van der Waals surface area contributed by atoms with Crippen LogP contribution in [-0.2, 0) is 0 Å². The molecule has 0 aliphatic carbocycles. The van der Waals surface area contributed by atoms with Gasteiger partial charge < -0.3 is 15.8 Å². The molecule has 0 bridgehead atoms. The normalized spacial score (nSPS) is 16.2. The van der Waals surface area contributed by atoms with E-state index in [4.69, 9.17) is 15.5 Å². The van der Waals surface area contributed by atoms with Gasteiger partial charge in [0.25, 0.3) is 0 Å². The minimum atomic E-state index is -0.127. The molecule has 4 N–H and O–H groups in total. The number of nitrogen functional groups attached to an aromatic ring is 1. The number of anilines is 2. The maximum Gasteiger partial charge on any atom is 0.161 e. The maximum absolute atomic E-state index is 5.89. The van der Waals surface area contributed by atoms with Gasteiger partial charge in [-0.1, -0.05) is 0 Å². The number of ether oxygens (including phenoxy) is 1. The largest absolute Gasteiger partial charge is 0.489 e. The van der Waals surface area contributed by atoms with Crippen LogP contribution in [-0.4, -0.2) is 26.8 Å². The zero-order valence-corrected chi connectivity index (χ0v) is 13.9. The number of hydrogen-bond acceptors (Lipinski definition) is 7. The monoisotopic (exact) mass is 350 g/mol. The lowest BCUT2D eigenvalue weighted by atomic mass is 10.1. The Kier molecular flexibility index (Phi) is 3.10. The molecular weight excluding hydrogens is 336 g/mol. The van der Waals surface area contributed by atoms with E-state index in [0.717, 1.165) is 33.7 Å². The molecule has 1 aliphatic rings. The summed E-state index contributed by atoms with van der Waals surface area (Å²) in [7, 11) is 0. The summed E-state index contributed by atoms with van der Waals surface area (Å²) >= 11 is 1.62.